The van der Waals surface area contributed by atoms with Crippen molar-refractivity contribution in [2.75, 3.05) is 0 Å². The summed E-state index contributed by atoms with van der Waals surface area (Å²) >= 11 is 0. The number of aromatic nitrogens is 1. The minimum atomic E-state index is -6.27. The highest BCUT2D eigenvalue weighted by Gasteiger charge is 2.53. The average Bonchev–Trinajstić information content (AvgIpc) is 2.62. The third-order valence-corrected chi connectivity index (χ3v) is 4.84. The van der Waals surface area contributed by atoms with Crippen LogP contribution in [0.3, 0.4) is 0 Å². The first-order chi connectivity index (χ1) is 8.23. The zero-order valence-electron chi connectivity index (χ0n) is 8.40. The van der Waals surface area contributed by atoms with Gasteiger partial charge < -0.3 is 0 Å². The second-order valence-electron chi connectivity index (χ2n) is 3.04. The third-order valence-electron chi connectivity index (χ3n) is 1.81. The smallest absolute Gasteiger partial charge is 0.227 e. The minimum Gasteiger partial charge on any atom is -0.227 e. The van der Waals surface area contributed by atoms with Gasteiger partial charge in [-0.05, 0) is 12.1 Å². The fraction of sp³-hybridized carbons (Fsp3) is 0.333. The summed E-state index contributed by atoms with van der Waals surface area (Å²) in [5.41, 5.74) is -11.9. The highest BCUT2D eigenvalue weighted by Crippen LogP contribution is 2.34. The Morgan fingerprint density at radius 1 is 0.895 bits per heavy atom. The topological polar surface area (TPSA) is 73.2 Å². The number of nitrogens with zero attached hydrogens (tertiary/aromatic N) is 1. The molecule has 0 aromatic carbocycles. The van der Waals surface area contributed by atoms with E-state index >= 15 is 0 Å². The Morgan fingerprint density at radius 3 is 1.74 bits per heavy atom. The van der Waals surface area contributed by atoms with Crippen LogP contribution < -0.4 is 0 Å². The maximum absolute atomic E-state index is 12.2. The van der Waals surface area contributed by atoms with Gasteiger partial charge in [-0.1, -0.05) is 0 Å². The predicted octanol–water partition coefficient (Wildman–Crippen LogP) is 1.48. The molecule has 1 heterocycles. The molecule has 0 spiro atoms. The van der Waals surface area contributed by atoms with Crippen molar-refractivity contribution in [2.24, 2.45) is 0 Å². The van der Waals surface area contributed by atoms with Crippen LogP contribution in [0.25, 0.3) is 0 Å². The number of hydrogen-bond donors (Lipinski definition) is 0. The molecule has 0 aliphatic heterocycles. The Morgan fingerprint density at radius 2 is 1.37 bits per heavy atom. The summed E-state index contributed by atoms with van der Waals surface area (Å²) < 4.78 is 116. The number of hydrogen-bond acceptors (Lipinski definition) is 4. The molecular weight excluding hydrogens is 328 g/mol. The molecule has 0 fully saturated rings. The van der Waals surface area contributed by atoms with E-state index in [0.717, 1.165) is 0 Å². The van der Waals surface area contributed by atoms with Crippen molar-refractivity contribution in [1.29, 1.82) is 0 Å². The summed E-state index contributed by atoms with van der Waals surface area (Å²) in [4.78, 5) is 0. The third kappa shape index (κ3) is 2.43. The van der Waals surface area contributed by atoms with Crippen molar-refractivity contribution >= 4 is 19.9 Å². The van der Waals surface area contributed by atoms with E-state index in [2.05, 4.69) is 0 Å². The SMILES string of the molecule is O=S(=O)(c1cccn1S(=O)(=O)C(F)(F)F)C(F)(F)F. The molecule has 0 bridgehead atoms. The van der Waals surface area contributed by atoms with Crippen LogP contribution in [0.1, 0.15) is 0 Å². The van der Waals surface area contributed by atoms with E-state index in [0.29, 0.717) is 6.07 Å². The zero-order valence-corrected chi connectivity index (χ0v) is 10.0. The van der Waals surface area contributed by atoms with Gasteiger partial charge in [0.1, 0.15) is 0 Å². The van der Waals surface area contributed by atoms with Crippen LogP contribution in [-0.4, -0.2) is 31.8 Å². The largest absolute Gasteiger partial charge is 0.517 e. The van der Waals surface area contributed by atoms with Crippen LogP contribution in [0, 0.1) is 0 Å². The van der Waals surface area contributed by atoms with E-state index in [4.69, 9.17) is 0 Å². The van der Waals surface area contributed by atoms with Gasteiger partial charge in [-0.15, -0.1) is 0 Å². The Labute approximate surface area is 102 Å². The van der Waals surface area contributed by atoms with Crippen molar-refractivity contribution in [3.63, 3.8) is 0 Å². The number of alkyl halides is 6. The molecule has 110 valence electrons. The molecule has 1 rings (SSSR count). The minimum absolute atomic E-state index is 0.0570. The Balaban J connectivity index is 3.62. The maximum atomic E-state index is 12.2. The van der Waals surface area contributed by atoms with Gasteiger partial charge in [0.25, 0.3) is 9.84 Å². The maximum Gasteiger partial charge on any atom is 0.517 e. The molecule has 0 aliphatic rings. The second-order valence-corrected chi connectivity index (χ2v) is 6.74. The zero-order chi connectivity index (χ0) is 15.3. The van der Waals surface area contributed by atoms with Crippen LogP contribution in [0.15, 0.2) is 23.4 Å². The summed E-state index contributed by atoms with van der Waals surface area (Å²) in [7, 11) is -12.5. The lowest BCUT2D eigenvalue weighted by Gasteiger charge is -2.13. The monoisotopic (exact) mass is 331 g/mol. The number of rotatable bonds is 2. The molecule has 1 aromatic rings. The normalized spacial score (nSPS) is 14.6. The quantitative estimate of drug-likeness (QED) is 0.770. The van der Waals surface area contributed by atoms with Crippen LogP contribution in [0.4, 0.5) is 26.3 Å². The molecule has 13 heteroatoms. The molecule has 0 aliphatic carbocycles. The van der Waals surface area contributed by atoms with Gasteiger partial charge in [-0.25, -0.2) is 12.4 Å². The van der Waals surface area contributed by atoms with Crippen LogP contribution in [0.2, 0.25) is 0 Å². The lowest BCUT2D eigenvalue weighted by molar-refractivity contribution is -0.0466. The van der Waals surface area contributed by atoms with Crippen molar-refractivity contribution in [1.82, 2.24) is 3.97 Å². The Bertz CT molecular complexity index is 622. The predicted molar refractivity (Wildman–Crippen MR) is 48.0 cm³/mol. The fourth-order valence-corrected chi connectivity index (χ4v) is 3.12. The molecular formula is C6H3F6NO4S2. The van der Waals surface area contributed by atoms with Crippen LogP contribution >= 0.6 is 0 Å². The van der Waals surface area contributed by atoms with Crippen molar-refractivity contribution < 1.29 is 43.2 Å². The van der Waals surface area contributed by atoms with Crippen molar-refractivity contribution in [3.05, 3.63) is 18.3 Å². The van der Waals surface area contributed by atoms with Gasteiger partial charge in [-0.2, -0.15) is 34.8 Å². The van der Waals surface area contributed by atoms with Gasteiger partial charge in [0.15, 0.2) is 5.03 Å². The van der Waals surface area contributed by atoms with Gasteiger partial charge >= 0.3 is 21.0 Å². The van der Waals surface area contributed by atoms with Gasteiger partial charge in [-0.3, -0.25) is 0 Å². The molecule has 0 saturated carbocycles. The Hall–Kier alpha value is -1.24. The molecule has 0 atom stereocenters. The fourth-order valence-electron chi connectivity index (χ4n) is 0.987. The molecule has 0 unspecified atom stereocenters. The molecule has 0 radical (unpaired) electrons. The van der Waals surface area contributed by atoms with E-state index in [1.165, 1.54) is 0 Å². The summed E-state index contributed by atoms with van der Waals surface area (Å²) in [5, 5.41) is -2.03. The summed E-state index contributed by atoms with van der Waals surface area (Å²) in [5.74, 6) is 0. The lowest BCUT2D eigenvalue weighted by atomic mass is 10.7. The van der Waals surface area contributed by atoms with Crippen molar-refractivity contribution in [2.45, 2.75) is 16.0 Å². The van der Waals surface area contributed by atoms with Crippen molar-refractivity contribution in [3.8, 4) is 0 Å². The van der Waals surface area contributed by atoms with Crippen LogP contribution in [0.5, 0.6) is 0 Å². The molecule has 5 nitrogen and oxygen atoms in total. The van der Waals surface area contributed by atoms with Crippen LogP contribution in [-0.2, 0) is 19.9 Å². The van der Waals surface area contributed by atoms with E-state index in [9.17, 15) is 43.2 Å². The van der Waals surface area contributed by atoms with Gasteiger partial charge in [0.05, 0.1) is 0 Å². The molecule has 0 N–H and O–H groups in total. The standard InChI is InChI=1S/C6H3F6NO4S2/c7-5(8,9)18(14,15)4-2-1-3-13(4)19(16,17)6(10,11)12/h1-3H. The molecule has 19 heavy (non-hydrogen) atoms. The molecule has 0 amide bonds. The number of sulfone groups is 1. The van der Waals surface area contributed by atoms with E-state index in [1.807, 2.05) is 0 Å². The molecule has 1 aromatic heterocycles. The Kier molecular flexibility index (Phi) is 3.44. The first-order valence-corrected chi connectivity index (χ1v) is 6.96. The second kappa shape index (κ2) is 4.13. The summed E-state index contributed by atoms with van der Waals surface area (Å²) in [6, 6.07) is 0.536. The van der Waals surface area contributed by atoms with E-state index < -0.39 is 39.9 Å². The highest BCUT2D eigenvalue weighted by atomic mass is 32.2. The number of halogens is 6. The van der Waals surface area contributed by atoms with Gasteiger partial charge in [0.2, 0.25) is 0 Å². The summed E-state index contributed by atoms with van der Waals surface area (Å²) in [6.45, 7) is 0. The average molecular weight is 331 g/mol. The van der Waals surface area contributed by atoms with E-state index in [1.54, 1.807) is 0 Å². The van der Waals surface area contributed by atoms with E-state index in [-0.39, 0.29) is 12.3 Å². The first kappa shape index (κ1) is 15.8. The summed E-state index contributed by atoms with van der Waals surface area (Å²) in [6.07, 6.45) is 0.0570. The van der Waals surface area contributed by atoms with Gasteiger partial charge in [0, 0.05) is 6.20 Å². The molecule has 0 saturated heterocycles. The highest BCUT2D eigenvalue weighted by molar-refractivity contribution is 7.94. The first-order valence-electron chi connectivity index (χ1n) is 4.03. The lowest BCUT2D eigenvalue weighted by Crippen LogP contribution is -2.33.